The zero-order valence-electron chi connectivity index (χ0n) is 11.4. The van der Waals surface area contributed by atoms with Gasteiger partial charge in [-0.3, -0.25) is 4.79 Å². The van der Waals surface area contributed by atoms with E-state index in [2.05, 4.69) is 4.98 Å². The first-order valence-corrected chi connectivity index (χ1v) is 6.18. The molecule has 4 heteroatoms. The van der Waals surface area contributed by atoms with Crippen molar-refractivity contribution in [3.63, 3.8) is 0 Å². The third kappa shape index (κ3) is 3.01. The van der Waals surface area contributed by atoms with Crippen LogP contribution < -0.4 is 4.74 Å². The van der Waals surface area contributed by atoms with Crippen molar-refractivity contribution in [1.82, 2.24) is 4.98 Å². The summed E-state index contributed by atoms with van der Waals surface area (Å²) in [6.45, 7) is 4.17. The van der Waals surface area contributed by atoms with Gasteiger partial charge in [-0.25, -0.2) is 4.98 Å². The van der Waals surface area contributed by atoms with Gasteiger partial charge in [0.1, 0.15) is 30.4 Å². The lowest BCUT2D eigenvalue weighted by atomic mass is 10.1. The maximum Gasteiger partial charge on any atom is 0.150 e. The van der Waals surface area contributed by atoms with E-state index in [1.165, 1.54) is 0 Å². The van der Waals surface area contributed by atoms with Crippen LogP contribution in [-0.4, -0.2) is 11.3 Å². The highest BCUT2D eigenvalue weighted by atomic mass is 16.5. The Bertz CT molecular complexity index is 664. The summed E-state index contributed by atoms with van der Waals surface area (Å²) in [6, 6.07) is 9.10. The number of carbonyl (C=O) groups excluding carboxylic acids is 1. The SMILES string of the molecule is Cc1cc(C=O)cc(C)c1OCc1ccnc(C#N)c1. The van der Waals surface area contributed by atoms with Crippen LogP contribution in [0.3, 0.4) is 0 Å². The van der Waals surface area contributed by atoms with Crippen LogP contribution in [-0.2, 0) is 6.61 Å². The van der Waals surface area contributed by atoms with E-state index in [9.17, 15) is 4.79 Å². The molecule has 2 aromatic rings. The molecule has 0 aliphatic rings. The average molecular weight is 266 g/mol. The number of hydrogen-bond acceptors (Lipinski definition) is 4. The van der Waals surface area contributed by atoms with E-state index in [1.54, 1.807) is 24.4 Å². The molecular formula is C16H14N2O2. The number of benzene rings is 1. The van der Waals surface area contributed by atoms with Crippen molar-refractivity contribution in [2.75, 3.05) is 0 Å². The number of pyridine rings is 1. The topological polar surface area (TPSA) is 63.0 Å². The molecule has 0 saturated heterocycles. The fraction of sp³-hybridized carbons (Fsp3) is 0.188. The molecule has 0 unspecified atom stereocenters. The molecular weight excluding hydrogens is 252 g/mol. The number of nitriles is 1. The first kappa shape index (κ1) is 13.8. The lowest BCUT2D eigenvalue weighted by Gasteiger charge is -2.12. The third-order valence-corrected chi connectivity index (χ3v) is 2.94. The number of ether oxygens (including phenoxy) is 1. The van der Waals surface area contributed by atoms with E-state index in [0.29, 0.717) is 17.9 Å². The summed E-state index contributed by atoms with van der Waals surface area (Å²) >= 11 is 0. The summed E-state index contributed by atoms with van der Waals surface area (Å²) in [5.74, 6) is 0.769. The molecule has 0 N–H and O–H groups in total. The van der Waals surface area contributed by atoms with Crippen LogP contribution in [0.5, 0.6) is 5.75 Å². The number of aldehydes is 1. The molecule has 4 nitrogen and oxygen atoms in total. The molecule has 0 saturated carbocycles. The van der Waals surface area contributed by atoms with Gasteiger partial charge in [-0.1, -0.05) is 0 Å². The van der Waals surface area contributed by atoms with Gasteiger partial charge < -0.3 is 4.74 Å². The molecule has 1 aromatic carbocycles. The van der Waals surface area contributed by atoms with Crippen LogP contribution in [0.1, 0.15) is 32.7 Å². The van der Waals surface area contributed by atoms with Gasteiger partial charge in [0.25, 0.3) is 0 Å². The Morgan fingerprint density at radius 1 is 1.30 bits per heavy atom. The highest BCUT2D eigenvalue weighted by Crippen LogP contribution is 2.25. The quantitative estimate of drug-likeness (QED) is 0.798. The van der Waals surface area contributed by atoms with Crippen LogP contribution in [0.2, 0.25) is 0 Å². The molecule has 0 atom stereocenters. The van der Waals surface area contributed by atoms with Crippen LogP contribution in [0.4, 0.5) is 0 Å². The van der Waals surface area contributed by atoms with Gasteiger partial charge in [0.15, 0.2) is 0 Å². The van der Waals surface area contributed by atoms with Crippen LogP contribution >= 0.6 is 0 Å². The van der Waals surface area contributed by atoms with Crippen molar-refractivity contribution in [3.05, 3.63) is 58.4 Å². The van der Waals surface area contributed by atoms with E-state index in [-0.39, 0.29) is 0 Å². The van der Waals surface area contributed by atoms with E-state index in [0.717, 1.165) is 28.7 Å². The Morgan fingerprint density at radius 3 is 2.60 bits per heavy atom. The van der Waals surface area contributed by atoms with Crippen molar-refractivity contribution in [2.24, 2.45) is 0 Å². The Kier molecular flexibility index (Phi) is 4.11. The molecule has 0 aliphatic carbocycles. The van der Waals surface area contributed by atoms with Gasteiger partial charge in [0.2, 0.25) is 0 Å². The van der Waals surface area contributed by atoms with Gasteiger partial charge in [-0.15, -0.1) is 0 Å². The van der Waals surface area contributed by atoms with Crippen LogP contribution in [0.25, 0.3) is 0 Å². The van der Waals surface area contributed by atoms with Crippen molar-refractivity contribution >= 4 is 6.29 Å². The van der Waals surface area contributed by atoms with E-state index >= 15 is 0 Å². The van der Waals surface area contributed by atoms with Crippen LogP contribution in [0.15, 0.2) is 30.5 Å². The van der Waals surface area contributed by atoms with Gasteiger partial charge >= 0.3 is 0 Å². The highest BCUT2D eigenvalue weighted by molar-refractivity contribution is 5.76. The third-order valence-electron chi connectivity index (χ3n) is 2.94. The minimum atomic E-state index is 0.360. The van der Waals surface area contributed by atoms with Gasteiger partial charge in [0.05, 0.1) is 0 Å². The van der Waals surface area contributed by atoms with E-state index in [1.807, 2.05) is 26.0 Å². The smallest absolute Gasteiger partial charge is 0.150 e. The Labute approximate surface area is 117 Å². The molecule has 0 radical (unpaired) electrons. The summed E-state index contributed by atoms with van der Waals surface area (Å²) in [6.07, 6.45) is 2.41. The number of aryl methyl sites for hydroxylation is 2. The summed E-state index contributed by atoms with van der Waals surface area (Å²) in [5.41, 5.74) is 3.73. The standard InChI is InChI=1S/C16H14N2O2/c1-11-5-14(9-19)6-12(2)16(11)20-10-13-3-4-18-15(7-13)8-17/h3-7,9H,10H2,1-2H3. The molecule has 0 amide bonds. The predicted molar refractivity (Wildman–Crippen MR) is 74.6 cm³/mol. The second kappa shape index (κ2) is 5.98. The summed E-state index contributed by atoms with van der Waals surface area (Å²) < 4.78 is 5.80. The maximum atomic E-state index is 10.8. The number of hydrogen-bond donors (Lipinski definition) is 0. The molecule has 0 aliphatic heterocycles. The summed E-state index contributed by atoms with van der Waals surface area (Å²) in [5, 5.41) is 8.81. The summed E-state index contributed by atoms with van der Waals surface area (Å²) in [4.78, 5) is 14.7. The van der Waals surface area contributed by atoms with Gasteiger partial charge in [-0.05, 0) is 54.8 Å². The largest absolute Gasteiger partial charge is 0.488 e. The second-order valence-electron chi connectivity index (χ2n) is 4.55. The molecule has 0 fully saturated rings. The summed E-state index contributed by atoms with van der Waals surface area (Å²) in [7, 11) is 0. The minimum absolute atomic E-state index is 0.360. The zero-order valence-corrected chi connectivity index (χ0v) is 11.4. The average Bonchev–Trinajstić information content (AvgIpc) is 2.46. The first-order chi connectivity index (χ1) is 9.63. The fourth-order valence-corrected chi connectivity index (χ4v) is 2.06. The van der Waals surface area contributed by atoms with Gasteiger partial charge in [0, 0.05) is 11.8 Å². The molecule has 2 rings (SSSR count). The predicted octanol–water partition coefficient (Wildman–Crippen LogP) is 2.96. The van der Waals surface area contributed by atoms with Crippen molar-refractivity contribution < 1.29 is 9.53 Å². The molecule has 1 aromatic heterocycles. The molecule has 0 spiro atoms. The second-order valence-corrected chi connectivity index (χ2v) is 4.55. The molecule has 1 heterocycles. The van der Waals surface area contributed by atoms with Crippen molar-refractivity contribution in [1.29, 1.82) is 5.26 Å². The zero-order chi connectivity index (χ0) is 14.5. The van der Waals surface area contributed by atoms with Gasteiger partial charge in [-0.2, -0.15) is 5.26 Å². The monoisotopic (exact) mass is 266 g/mol. The molecule has 20 heavy (non-hydrogen) atoms. The Hall–Kier alpha value is -2.67. The fourth-order valence-electron chi connectivity index (χ4n) is 2.06. The van der Waals surface area contributed by atoms with Crippen molar-refractivity contribution in [3.8, 4) is 11.8 Å². The highest BCUT2D eigenvalue weighted by Gasteiger charge is 2.07. The number of nitrogens with zero attached hydrogens (tertiary/aromatic N) is 2. The maximum absolute atomic E-state index is 10.8. The minimum Gasteiger partial charge on any atom is -0.488 e. The Balaban J connectivity index is 2.19. The first-order valence-electron chi connectivity index (χ1n) is 6.18. The lowest BCUT2D eigenvalue weighted by molar-refractivity contribution is 0.112. The van der Waals surface area contributed by atoms with Crippen LogP contribution in [0, 0.1) is 25.2 Å². The molecule has 0 bridgehead atoms. The van der Waals surface area contributed by atoms with E-state index in [4.69, 9.17) is 10.00 Å². The number of aromatic nitrogens is 1. The van der Waals surface area contributed by atoms with E-state index < -0.39 is 0 Å². The normalized spacial score (nSPS) is 9.85. The Morgan fingerprint density at radius 2 is 2.00 bits per heavy atom. The number of rotatable bonds is 4. The molecule has 100 valence electrons. The lowest BCUT2D eigenvalue weighted by Crippen LogP contribution is -2.00. The number of carbonyl (C=O) groups is 1. The van der Waals surface area contributed by atoms with Crippen molar-refractivity contribution in [2.45, 2.75) is 20.5 Å².